The van der Waals surface area contributed by atoms with Crippen LogP contribution in [0, 0.1) is 5.92 Å². The van der Waals surface area contributed by atoms with Crippen molar-refractivity contribution in [3.63, 3.8) is 0 Å². The molecule has 24 heavy (non-hydrogen) atoms. The minimum Gasteiger partial charge on any atom is -0.489 e. The average Bonchev–Trinajstić information content (AvgIpc) is 2.53. The summed E-state index contributed by atoms with van der Waals surface area (Å²) in [6.45, 7) is 6.69. The van der Waals surface area contributed by atoms with E-state index >= 15 is 0 Å². The number of hydrogen-bond acceptors (Lipinski definition) is 2. The molecule has 0 bridgehead atoms. The molecule has 0 heterocycles. The highest BCUT2D eigenvalue weighted by molar-refractivity contribution is 9.10. The van der Waals surface area contributed by atoms with Gasteiger partial charge in [-0.15, -0.1) is 0 Å². The van der Waals surface area contributed by atoms with Gasteiger partial charge in [0.25, 0.3) is 0 Å². The molecule has 5 heteroatoms. The second-order valence-electron chi connectivity index (χ2n) is 6.15. The van der Waals surface area contributed by atoms with Crippen LogP contribution in [0.4, 0.5) is 0 Å². The Kier molecular flexibility index (Phi) is 7.89. The molecule has 0 aliphatic carbocycles. The van der Waals surface area contributed by atoms with Crippen molar-refractivity contribution >= 4 is 39.1 Å². The van der Waals surface area contributed by atoms with Gasteiger partial charge in [-0.2, -0.15) is 0 Å². The molecule has 0 radical (unpaired) electrons. The van der Waals surface area contributed by atoms with Gasteiger partial charge in [-0.05, 0) is 54.8 Å². The van der Waals surface area contributed by atoms with Crippen molar-refractivity contribution < 1.29 is 4.74 Å². The molecule has 0 aromatic heterocycles. The van der Waals surface area contributed by atoms with Gasteiger partial charge in [0.15, 0.2) is 0 Å². The van der Waals surface area contributed by atoms with Crippen LogP contribution in [0.3, 0.4) is 0 Å². The molecule has 2 aromatic rings. The van der Waals surface area contributed by atoms with Crippen LogP contribution in [-0.2, 0) is 13.2 Å². The minimum atomic E-state index is 0.456. The van der Waals surface area contributed by atoms with Gasteiger partial charge >= 0.3 is 0 Å². The molecule has 0 atom stereocenters. The Morgan fingerprint density at radius 2 is 1.88 bits per heavy atom. The molecule has 0 fully saturated rings. The minimum absolute atomic E-state index is 0.456. The van der Waals surface area contributed by atoms with Crippen molar-refractivity contribution in [2.45, 2.75) is 33.4 Å². The summed E-state index contributed by atoms with van der Waals surface area (Å²) in [6, 6.07) is 11.6. The fourth-order valence-corrected chi connectivity index (χ4v) is 2.96. The van der Waals surface area contributed by atoms with Crippen molar-refractivity contribution in [2.75, 3.05) is 6.54 Å². The van der Waals surface area contributed by atoms with E-state index in [1.807, 2.05) is 24.3 Å². The van der Waals surface area contributed by atoms with E-state index in [2.05, 4.69) is 41.2 Å². The van der Waals surface area contributed by atoms with Crippen molar-refractivity contribution in [3.05, 3.63) is 62.0 Å². The second kappa shape index (κ2) is 9.67. The lowest BCUT2D eigenvalue weighted by Crippen LogP contribution is -2.17. The maximum Gasteiger partial charge on any atom is 0.124 e. The molecule has 0 saturated heterocycles. The average molecular weight is 431 g/mol. The zero-order valence-corrected chi connectivity index (χ0v) is 17.0. The lowest BCUT2D eigenvalue weighted by Gasteiger charge is -2.14. The standard InChI is InChI=1S/C19H22BrCl2NO/c1-13(2)7-8-23-11-15-10-16(20)4-6-19(15)24-12-14-3-5-17(21)18(22)9-14/h3-6,9-10,13,23H,7-8,11-12H2,1-2H3. The molecule has 0 spiro atoms. The van der Waals surface area contributed by atoms with Gasteiger partial charge in [-0.25, -0.2) is 0 Å². The number of rotatable bonds is 8. The Hall–Kier alpha value is -0.740. The number of benzene rings is 2. The first-order valence-electron chi connectivity index (χ1n) is 8.01. The lowest BCUT2D eigenvalue weighted by molar-refractivity contribution is 0.302. The molecule has 2 nitrogen and oxygen atoms in total. The van der Waals surface area contributed by atoms with Crippen molar-refractivity contribution in [1.29, 1.82) is 0 Å². The maximum absolute atomic E-state index is 6.05. The van der Waals surface area contributed by atoms with Crippen LogP contribution in [0.5, 0.6) is 5.75 Å². The van der Waals surface area contributed by atoms with Crippen LogP contribution in [0.15, 0.2) is 40.9 Å². The van der Waals surface area contributed by atoms with E-state index in [9.17, 15) is 0 Å². The lowest BCUT2D eigenvalue weighted by atomic mass is 10.1. The summed E-state index contributed by atoms with van der Waals surface area (Å²) in [6.07, 6.45) is 1.16. The van der Waals surface area contributed by atoms with Gasteiger partial charge in [0.1, 0.15) is 12.4 Å². The van der Waals surface area contributed by atoms with E-state index in [1.165, 1.54) is 0 Å². The molecule has 0 aliphatic rings. The SMILES string of the molecule is CC(C)CCNCc1cc(Br)ccc1OCc1ccc(Cl)c(Cl)c1. The van der Waals surface area contributed by atoms with Crippen LogP contribution in [0.1, 0.15) is 31.4 Å². The number of halogens is 3. The van der Waals surface area contributed by atoms with Gasteiger partial charge in [0.2, 0.25) is 0 Å². The smallest absolute Gasteiger partial charge is 0.124 e. The normalized spacial score (nSPS) is 11.1. The first-order valence-corrected chi connectivity index (χ1v) is 9.56. The number of nitrogens with one attached hydrogen (secondary N) is 1. The molecule has 0 saturated carbocycles. The van der Waals surface area contributed by atoms with Gasteiger partial charge < -0.3 is 10.1 Å². The van der Waals surface area contributed by atoms with E-state index in [0.29, 0.717) is 22.6 Å². The van der Waals surface area contributed by atoms with Crippen molar-refractivity contribution in [1.82, 2.24) is 5.32 Å². The van der Waals surface area contributed by atoms with Crippen molar-refractivity contribution in [3.8, 4) is 5.75 Å². The summed E-state index contributed by atoms with van der Waals surface area (Å²) in [7, 11) is 0. The Labute approximate surface area is 162 Å². The maximum atomic E-state index is 6.05. The summed E-state index contributed by atoms with van der Waals surface area (Å²) in [5.74, 6) is 1.58. The molecule has 130 valence electrons. The number of ether oxygens (including phenoxy) is 1. The molecule has 2 rings (SSSR count). The summed E-state index contributed by atoms with van der Waals surface area (Å²) >= 11 is 15.5. The third kappa shape index (κ3) is 6.29. The fourth-order valence-electron chi connectivity index (χ4n) is 2.23. The molecule has 2 aromatic carbocycles. The van der Waals surface area contributed by atoms with E-state index in [-0.39, 0.29) is 0 Å². The third-order valence-corrected chi connectivity index (χ3v) is 4.85. The molecule has 1 N–H and O–H groups in total. The van der Waals surface area contributed by atoms with Gasteiger partial charge in [0, 0.05) is 16.6 Å². The largest absolute Gasteiger partial charge is 0.489 e. The Balaban J connectivity index is 1.99. The van der Waals surface area contributed by atoms with Gasteiger partial charge in [0.05, 0.1) is 10.0 Å². The Morgan fingerprint density at radius 3 is 2.58 bits per heavy atom. The summed E-state index contributed by atoms with van der Waals surface area (Å²) in [5, 5.41) is 4.58. The first-order chi connectivity index (χ1) is 11.5. The molecule has 0 aliphatic heterocycles. The van der Waals surface area contributed by atoms with Crippen LogP contribution in [0.25, 0.3) is 0 Å². The van der Waals surface area contributed by atoms with Crippen molar-refractivity contribution in [2.24, 2.45) is 5.92 Å². The molecule has 0 unspecified atom stereocenters. The Morgan fingerprint density at radius 1 is 1.08 bits per heavy atom. The topological polar surface area (TPSA) is 21.3 Å². The highest BCUT2D eigenvalue weighted by Gasteiger charge is 2.07. The van der Waals surface area contributed by atoms with E-state index in [0.717, 1.165) is 40.9 Å². The van der Waals surface area contributed by atoms with Crippen LogP contribution in [0.2, 0.25) is 10.0 Å². The highest BCUT2D eigenvalue weighted by Crippen LogP contribution is 2.26. The van der Waals surface area contributed by atoms with E-state index < -0.39 is 0 Å². The quantitative estimate of drug-likeness (QED) is 0.484. The monoisotopic (exact) mass is 429 g/mol. The predicted molar refractivity (Wildman–Crippen MR) is 106 cm³/mol. The summed E-state index contributed by atoms with van der Waals surface area (Å²) < 4.78 is 7.03. The molecular weight excluding hydrogens is 409 g/mol. The highest BCUT2D eigenvalue weighted by atomic mass is 79.9. The summed E-state index contributed by atoms with van der Waals surface area (Å²) in [5.41, 5.74) is 2.12. The van der Waals surface area contributed by atoms with Gasteiger partial charge in [-0.3, -0.25) is 0 Å². The van der Waals surface area contributed by atoms with Gasteiger partial charge in [-0.1, -0.05) is 59.0 Å². The first kappa shape index (κ1) is 19.6. The molecule has 0 amide bonds. The van der Waals surface area contributed by atoms with Crippen LogP contribution in [-0.4, -0.2) is 6.54 Å². The molecular formula is C19H22BrCl2NO. The number of hydrogen-bond donors (Lipinski definition) is 1. The third-order valence-electron chi connectivity index (χ3n) is 3.61. The van der Waals surface area contributed by atoms with Crippen LogP contribution < -0.4 is 10.1 Å². The second-order valence-corrected chi connectivity index (χ2v) is 7.88. The summed E-state index contributed by atoms with van der Waals surface area (Å²) in [4.78, 5) is 0. The Bertz CT molecular complexity index is 676. The van der Waals surface area contributed by atoms with E-state index in [4.69, 9.17) is 27.9 Å². The predicted octanol–water partition coefficient (Wildman–Crippen LogP) is 6.47. The fraction of sp³-hybridized carbons (Fsp3) is 0.368. The zero-order valence-electron chi connectivity index (χ0n) is 13.9. The zero-order chi connectivity index (χ0) is 17.5. The van der Waals surface area contributed by atoms with Crippen LogP contribution >= 0.6 is 39.1 Å². The van der Waals surface area contributed by atoms with E-state index in [1.54, 1.807) is 6.07 Å².